The lowest BCUT2D eigenvalue weighted by molar-refractivity contribution is -0.0695. The van der Waals surface area contributed by atoms with Crippen LogP contribution in [0.1, 0.15) is 13.8 Å². The minimum atomic E-state index is -0.103. The summed E-state index contributed by atoms with van der Waals surface area (Å²) < 4.78 is 10.7. The van der Waals surface area contributed by atoms with Crippen molar-refractivity contribution in [1.82, 2.24) is 4.90 Å². The highest BCUT2D eigenvalue weighted by molar-refractivity contribution is 4.67. The van der Waals surface area contributed by atoms with Crippen molar-refractivity contribution in [1.29, 1.82) is 0 Å². The maximum Gasteiger partial charge on any atom is 0.170 e. The molecule has 0 radical (unpaired) electrons. The number of rotatable bonds is 5. The van der Waals surface area contributed by atoms with Gasteiger partial charge in [0.1, 0.15) is 0 Å². The van der Waals surface area contributed by atoms with Crippen molar-refractivity contribution in [3.05, 3.63) is 0 Å². The molecule has 0 aromatic carbocycles. The molecular weight excluding hydrogens is 170 g/mol. The minimum Gasteiger partial charge on any atom is -0.395 e. The van der Waals surface area contributed by atoms with Crippen molar-refractivity contribution in [2.75, 3.05) is 32.9 Å². The maximum atomic E-state index is 8.99. The fourth-order valence-electron chi connectivity index (χ4n) is 1.44. The number of ether oxygens (including phenoxy) is 2. The molecule has 1 atom stereocenters. The zero-order valence-electron chi connectivity index (χ0n) is 8.40. The first-order valence-corrected chi connectivity index (χ1v) is 4.86. The zero-order chi connectivity index (χ0) is 9.68. The lowest BCUT2D eigenvalue weighted by Crippen LogP contribution is -2.41. The number of nitrogens with zero attached hydrogens (tertiary/aromatic N) is 1. The number of hydrogen-bond donors (Lipinski definition) is 1. The van der Waals surface area contributed by atoms with Crippen LogP contribution in [0.25, 0.3) is 0 Å². The summed E-state index contributed by atoms with van der Waals surface area (Å²) >= 11 is 0. The molecule has 0 bridgehead atoms. The third-order valence-corrected chi connectivity index (χ3v) is 2.37. The third-order valence-electron chi connectivity index (χ3n) is 2.37. The highest BCUT2D eigenvalue weighted by atomic mass is 16.7. The fourth-order valence-corrected chi connectivity index (χ4v) is 1.44. The van der Waals surface area contributed by atoms with E-state index < -0.39 is 0 Å². The third kappa shape index (κ3) is 3.23. The standard InChI is InChI=1S/C9H19NO3/c1-3-10(8(2)7-11)6-9-12-4-5-13-9/h8-9,11H,3-7H2,1-2H3/t8-/m1/s1. The van der Waals surface area contributed by atoms with Crippen molar-refractivity contribution in [3.63, 3.8) is 0 Å². The van der Waals surface area contributed by atoms with Crippen molar-refractivity contribution in [2.24, 2.45) is 0 Å². The molecule has 13 heavy (non-hydrogen) atoms. The van der Waals surface area contributed by atoms with Crippen LogP contribution in [-0.4, -0.2) is 55.2 Å². The molecule has 4 nitrogen and oxygen atoms in total. The smallest absolute Gasteiger partial charge is 0.170 e. The van der Waals surface area contributed by atoms with Crippen LogP contribution < -0.4 is 0 Å². The molecule has 1 N–H and O–H groups in total. The monoisotopic (exact) mass is 189 g/mol. The Morgan fingerprint density at radius 2 is 2.08 bits per heavy atom. The molecule has 4 heteroatoms. The Bertz CT molecular complexity index is 137. The molecule has 1 heterocycles. The van der Waals surface area contributed by atoms with E-state index in [0.29, 0.717) is 13.2 Å². The van der Waals surface area contributed by atoms with Gasteiger partial charge in [0.05, 0.1) is 19.8 Å². The van der Waals surface area contributed by atoms with E-state index in [9.17, 15) is 0 Å². The van der Waals surface area contributed by atoms with Gasteiger partial charge in [-0.25, -0.2) is 0 Å². The van der Waals surface area contributed by atoms with Gasteiger partial charge in [-0.05, 0) is 13.5 Å². The van der Waals surface area contributed by atoms with Crippen LogP contribution in [0.15, 0.2) is 0 Å². The number of likely N-dealkylation sites (N-methyl/N-ethyl adjacent to an activating group) is 1. The summed E-state index contributed by atoms with van der Waals surface area (Å²) in [7, 11) is 0. The fraction of sp³-hybridized carbons (Fsp3) is 1.00. The van der Waals surface area contributed by atoms with Crippen molar-refractivity contribution >= 4 is 0 Å². The number of aliphatic hydroxyl groups excluding tert-OH is 1. The van der Waals surface area contributed by atoms with Gasteiger partial charge in [0.15, 0.2) is 6.29 Å². The van der Waals surface area contributed by atoms with Crippen LogP contribution in [0.4, 0.5) is 0 Å². The highest BCUT2D eigenvalue weighted by Crippen LogP contribution is 2.08. The van der Waals surface area contributed by atoms with E-state index in [-0.39, 0.29) is 18.9 Å². The van der Waals surface area contributed by atoms with Crippen LogP contribution in [0.5, 0.6) is 0 Å². The first kappa shape index (κ1) is 10.9. The molecule has 0 aromatic heterocycles. The Balaban J connectivity index is 2.29. The maximum absolute atomic E-state index is 8.99. The molecular formula is C9H19NO3. The molecule has 1 aliphatic rings. The number of hydrogen-bond acceptors (Lipinski definition) is 4. The van der Waals surface area contributed by atoms with E-state index in [1.807, 2.05) is 6.92 Å². The van der Waals surface area contributed by atoms with Gasteiger partial charge in [0, 0.05) is 12.6 Å². The van der Waals surface area contributed by atoms with Crippen LogP contribution in [0, 0.1) is 0 Å². The summed E-state index contributed by atoms with van der Waals surface area (Å²) in [4.78, 5) is 2.15. The predicted molar refractivity (Wildman–Crippen MR) is 49.5 cm³/mol. The Morgan fingerprint density at radius 3 is 2.54 bits per heavy atom. The van der Waals surface area contributed by atoms with Gasteiger partial charge in [-0.3, -0.25) is 4.90 Å². The van der Waals surface area contributed by atoms with Crippen LogP contribution >= 0.6 is 0 Å². The van der Waals surface area contributed by atoms with E-state index in [1.54, 1.807) is 0 Å². The molecule has 1 fully saturated rings. The normalized spacial score (nSPS) is 21.2. The first-order chi connectivity index (χ1) is 6.27. The second-order valence-electron chi connectivity index (χ2n) is 3.29. The molecule has 0 aromatic rings. The molecule has 0 saturated carbocycles. The Kier molecular flexibility index (Phi) is 4.66. The van der Waals surface area contributed by atoms with Crippen LogP contribution in [-0.2, 0) is 9.47 Å². The Labute approximate surface area is 79.4 Å². The summed E-state index contributed by atoms with van der Waals surface area (Å²) in [6.45, 7) is 7.29. The molecule has 78 valence electrons. The van der Waals surface area contributed by atoms with Crippen molar-refractivity contribution < 1.29 is 14.6 Å². The predicted octanol–water partition coefficient (Wildman–Crippen LogP) is 0.0620. The Hall–Kier alpha value is -0.160. The van der Waals surface area contributed by atoms with Crippen LogP contribution in [0.2, 0.25) is 0 Å². The molecule has 0 aliphatic carbocycles. The average Bonchev–Trinajstić information content (AvgIpc) is 2.65. The van der Waals surface area contributed by atoms with Gasteiger partial charge in [0.25, 0.3) is 0 Å². The molecule has 1 aliphatic heterocycles. The van der Waals surface area contributed by atoms with E-state index >= 15 is 0 Å². The summed E-state index contributed by atoms with van der Waals surface area (Å²) in [5.74, 6) is 0. The molecule has 1 saturated heterocycles. The quantitative estimate of drug-likeness (QED) is 0.664. The lowest BCUT2D eigenvalue weighted by atomic mass is 10.3. The first-order valence-electron chi connectivity index (χ1n) is 4.86. The molecule has 1 rings (SSSR count). The zero-order valence-corrected chi connectivity index (χ0v) is 8.40. The second-order valence-corrected chi connectivity index (χ2v) is 3.29. The second kappa shape index (κ2) is 5.54. The van der Waals surface area contributed by atoms with E-state index in [4.69, 9.17) is 14.6 Å². The van der Waals surface area contributed by atoms with E-state index in [1.165, 1.54) is 0 Å². The van der Waals surface area contributed by atoms with E-state index in [0.717, 1.165) is 13.1 Å². The summed E-state index contributed by atoms with van der Waals surface area (Å²) in [6, 6.07) is 0.179. The van der Waals surface area contributed by atoms with Gasteiger partial charge < -0.3 is 14.6 Å². The largest absolute Gasteiger partial charge is 0.395 e. The number of aliphatic hydroxyl groups is 1. The SMILES string of the molecule is CCN(CC1OCCO1)[C@H](C)CO. The molecule has 0 amide bonds. The summed E-state index contributed by atoms with van der Waals surface area (Å²) in [5.41, 5.74) is 0. The highest BCUT2D eigenvalue weighted by Gasteiger charge is 2.21. The van der Waals surface area contributed by atoms with Gasteiger partial charge >= 0.3 is 0 Å². The summed E-state index contributed by atoms with van der Waals surface area (Å²) in [5, 5.41) is 8.99. The van der Waals surface area contributed by atoms with Gasteiger partial charge in [-0.2, -0.15) is 0 Å². The topological polar surface area (TPSA) is 41.9 Å². The van der Waals surface area contributed by atoms with Crippen LogP contribution in [0.3, 0.4) is 0 Å². The van der Waals surface area contributed by atoms with Crippen molar-refractivity contribution in [2.45, 2.75) is 26.2 Å². The lowest BCUT2D eigenvalue weighted by Gasteiger charge is -2.27. The van der Waals surface area contributed by atoms with Crippen molar-refractivity contribution in [3.8, 4) is 0 Å². The van der Waals surface area contributed by atoms with Gasteiger partial charge in [0.2, 0.25) is 0 Å². The Morgan fingerprint density at radius 1 is 1.46 bits per heavy atom. The average molecular weight is 189 g/mol. The minimum absolute atomic E-state index is 0.103. The summed E-state index contributed by atoms with van der Waals surface area (Å²) in [6.07, 6.45) is -0.103. The van der Waals surface area contributed by atoms with Gasteiger partial charge in [-0.15, -0.1) is 0 Å². The van der Waals surface area contributed by atoms with E-state index in [2.05, 4.69) is 11.8 Å². The van der Waals surface area contributed by atoms with Gasteiger partial charge in [-0.1, -0.05) is 6.92 Å². The molecule has 0 spiro atoms. The molecule has 0 unspecified atom stereocenters.